The zero-order valence-corrected chi connectivity index (χ0v) is 15.7. The van der Waals surface area contributed by atoms with E-state index < -0.39 is 5.97 Å². The van der Waals surface area contributed by atoms with E-state index in [1.54, 1.807) is 28.8 Å². The van der Waals surface area contributed by atoms with Crippen LogP contribution in [0.2, 0.25) is 5.02 Å². The number of carbonyl (C=O) groups excluding carboxylic acids is 1. The molecule has 6 nitrogen and oxygen atoms in total. The summed E-state index contributed by atoms with van der Waals surface area (Å²) in [5, 5.41) is 22.4. The number of aliphatic imine (C=N–C) groups is 1. The highest BCUT2D eigenvalue weighted by atomic mass is 35.5. The molecular weight excluding hydrogens is 374 g/mol. The van der Waals surface area contributed by atoms with Crippen molar-refractivity contribution in [2.45, 2.75) is 6.54 Å². The molecule has 0 spiro atoms. The van der Waals surface area contributed by atoms with Gasteiger partial charge in [0.15, 0.2) is 6.54 Å². The summed E-state index contributed by atoms with van der Waals surface area (Å²) in [5.74, 6) is -1.16. The Morgan fingerprint density at radius 2 is 2.12 bits per heavy atom. The minimum atomic E-state index is -1.21. The number of carboxylic acid groups (broad SMARTS) is 1. The van der Waals surface area contributed by atoms with Crippen LogP contribution >= 0.6 is 22.9 Å². The Hall–Kier alpha value is -2.64. The fraction of sp³-hybridized carbons (Fsp3) is 0.167. The average Bonchev–Trinajstić information content (AvgIpc) is 2.90. The molecule has 26 heavy (non-hydrogen) atoms. The molecule has 0 bridgehead atoms. The van der Waals surface area contributed by atoms with Crippen molar-refractivity contribution < 1.29 is 19.6 Å². The zero-order valence-electron chi connectivity index (χ0n) is 14.1. The minimum Gasteiger partial charge on any atom is -0.544 e. The molecule has 1 aromatic heterocycles. The molecule has 1 heterocycles. The van der Waals surface area contributed by atoms with Gasteiger partial charge in [-0.3, -0.25) is 0 Å². The molecule has 0 fully saturated rings. The quantitative estimate of drug-likeness (QED) is 0.535. The Morgan fingerprint density at radius 1 is 1.35 bits per heavy atom. The molecule has 0 radical (unpaired) electrons. The summed E-state index contributed by atoms with van der Waals surface area (Å²) in [6.45, 7) is -0.312. The van der Waals surface area contributed by atoms with Gasteiger partial charge >= 0.3 is 0 Å². The normalized spacial score (nSPS) is 11.3. The fourth-order valence-electron chi connectivity index (χ4n) is 2.49. The Morgan fingerprint density at radius 3 is 2.77 bits per heavy atom. The summed E-state index contributed by atoms with van der Waals surface area (Å²) < 4.78 is 2.46. The monoisotopic (exact) mass is 389 g/mol. The number of hydrogen-bond donors (Lipinski definition) is 1. The van der Waals surface area contributed by atoms with E-state index in [4.69, 9.17) is 11.6 Å². The van der Waals surface area contributed by atoms with Gasteiger partial charge in [-0.25, -0.2) is 4.99 Å². The predicted octanol–water partition coefficient (Wildman–Crippen LogP) is 2.11. The molecule has 0 saturated heterocycles. The SMILES string of the molecule is CN(C)c1ccc(N=Cc2sc3ccc(Cl)cc3[n+]2CC(=O)[O-])c(O)c1. The number of hydrogen-bond acceptors (Lipinski definition) is 6. The summed E-state index contributed by atoms with van der Waals surface area (Å²) in [4.78, 5) is 17.3. The number of aromatic nitrogens is 1. The van der Waals surface area contributed by atoms with Crippen LogP contribution in [0.15, 0.2) is 41.4 Å². The van der Waals surface area contributed by atoms with Crippen LogP contribution in [0.5, 0.6) is 5.75 Å². The van der Waals surface area contributed by atoms with Crippen LogP contribution in [0.3, 0.4) is 0 Å². The maximum absolute atomic E-state index is 11.1. The molecule has 3 rings (SSSR count). The predicted molar refractivity (Wildman–Crippen MR) is 102 cm³/mol. The highest BCUT2D eigenvalue weighted by Gasteiger charge is 2.20. The number of anilines is 1. The third kappa shape index (κ3) is 3.79. The Kier molecular flexibility index (Phi) is 5.11. The molecule has 134 valence electrons. The van der Waals surface area contributed by atoms with Crippen molar-refractivity contribution in [3.8, 4) is 5.75 Å². The molecule has 0 amide bonds. The standard InChI is InChI=1S/C18H16ClN3O3S/c1-21(2)12-4-5-13(15(23)8-12)20-9-17-22(10-18(24)25)14-7-11(19)3-6-16(14)26-17/h3-9H,10H2,1-2H3,(H,24,25). The molecule has 0 aliphatic rings. The maximum atomic E-state index is 11.1. The van der Waals surface area contributed by atoms with Gasteiger partial charge in [0.2, 0.25) is 5.52 Å². The van der Waals surface area contributed by atoms with E-state index in [0.29, 0.717) is 21.2 Å². The molecule has 1 N–H and O–H groups in total. The zero-order chi connectivity index (χ0) is 18.8. The van der Waals surface area contributed by atoms with Gasteiger partial charge in [0.25, 0.3) is 5.01 Å². The van der Waals surface area contributed by atoms with Gasteiger partial charge in [0, 0.05) is 36.9 Å². The van der Waals surface area contributed by atoms with E-state index in [1.807, 2.05) is 31.1 Å². The summed E-state index contributed by atoms with van der Waals surface area (Å²) in [6.07, 6.45) is 1.53. The number of halogens is 1. The second-order valence-electron chi connectivity index (χ2n) is 5.84. The van der Waals surface area contributed by atoms with E-state index in [0.717, 1.165) is 10.4 Å². The van der Waals surface area contributed by atoms with Crippen molar-refractivity contribution in [2.24, 2.45) is 4.99 Å². The van der Waals surface area contributed by atoms with Crippen LogP contribution in [0.1, 0.15) is 5.01 Å². The van der Waals surface area contributed by atoms with E-state index in [2.05, 4.69) is 4.99 Å². The number of carboxylic acids is 1. The van der Waals surface area contributed by atoms with Gasteiger partial charge in [-0.2, -0.15) is 4.57 Å². The third-order valence-corrected chi connectivity index (χ3v) is 5.10. The van der Waals surface area contributed by atoms with Crippen LogP contribution in [0.4, 0.5) is 11.4 Å². The van der Waals surface area contributed by atoms with Crippen molar-refractivity contribution in [1.82, 2.24) is 0 Å². The number of benzene rings is 2. The summed E-state index contributed by atoms with van der Waals surface area (Å²) in [6, 6.07) is 10.4. The van der Waals surface area contributed by atoms with Crippen LogP contribution in [0.25, 0.3) is 10.2 Å². The molecule has 0 saturated carbocycles. The lowest BCUT2D eigenvalue weighted by molar-refractivity contribution is -0.662. The first-order chi connectivity index (χ1) is 12.3. The number of phenols is 1. The average molecular weight is 390 g/mol. The lowest BCUT2D eigenvalue weighted by Crippen LogP contribution is -2.45. The first-order valence-corrected chi connectivity index (χ1v) is 8.91. The van der Waals surface area contributed by atoms with Crippen molar-refractivity contribution in [3.63, 3.8) is 0 Å². The summed E-state index contributed by atoms with van der Waals surface area (Å²) in [5.41, 5.74) is 1.94. The number of phenolic OH excluding ortho intramolecular Hbond substituents is 1. The summed E-state index contributed by atoms with van der Waals surface area (Å²) >= 11 is 7.41. The van der Waals surface area contributed by atoms with Crippen molar-refractivity contribution in [2.75, 3.05) is 19.0 Å². The topological polar surface area (TPSA) is 79.8 Å². The molecule has 0 aliphatic heterocycles. The second kappa shape index (κ2) is 7.31. The first-order valence-electron chi connectivity index (χ1n) is 7.71. The van der Waals surface area contributed by atoms with Crippen LogP contribution < -0.4 is 14.6 Å². The first kappa shape index (κ1) is 18.2. The van der Waals surface area contributed by atoms with Crippen molar-refractivity contribution >= 4 is 56.7 Å². The smallest absolute Gasteiger partial charge is 0.281 e. The highest BCUT2D eigenvalue weighted by molar-refractivity contribution is 7.19. The van der Waals surface area contributed by atoms with E-state index in [9.17, 15) is 15.0 Å². The minimum absolute atomic E-state index is 0.0445. The lowest BCUT2D eigenvalue weighted by Gasteiger charge is -2.12. The maximum Gasteiger partial charge on any atom is 0.281 e. The van der Waals surface area contributed by atoms with Gasteiger partial charge in [-0.15, -0.1) is 0 Å². The number of rotatable bonds is 5. The molecule has 3 aromatic rings. The third-order valence-electron chi connectivity index (χ3n) is 3.77. The number of carbonyl (C=O) groups is 1. The van der Waals surface area contributed by atoms with Gasteiger partial charge in [0.05, 0.1) is 0 Å². The van der Waals surface area contributed by atoms with Gasteiger partial charge in [-0.05, 0) is 24.3 Å². The van der Waals surface area contributed by atoms with E-state index >= 15 is 0 Å². The van der Waals surface area contributed by atoms with Gasteiger partial charge < -0.3 is 19.9 Å². The second-order valence-corrected chi connectivity index (χ2v) is 7.33. The molecule has 8 heteroatoms. The molecular formula is C18H16ClN3O3S. The Labute approximate surface area is 159 Å². The number of aliphatic carboxylic acids is 1. The van der Waals surface area contributed by atoms with E-state index in [1.165, 1.54) is 17.6 Å². The number of fused-ring (bicyclic) bond motifs is 1. The van der Waals surface area contributed by atoms with Crippen LogP contribution in [-0.2, 0) is 11.3 Å². The van der Waals surface area contributed by atoms with Crippen LogP contribution in [0, 0.1) is 0 Å². The number of thiazole rings is 1. The van der Waals surface area contributed by atoms with Crippen molar-refractivity contribution in [3.05, 3.63) is 46.4 Å². The molecule has 2 aromatic carbocycles. The van der Waals surface area contributed by atoms with Gasteiger partial charge in [0.1, 0.15) is 28.3 Å². The Bertz CT molecular complexity index is 1010. The number of aromatic hydroxyl groups is 1. The van der Waals surface area contributed by atoms with Crippen molar-refractivity contribution in [1.29, 1.82) is 0 Å². The lowest BCUT2D eigenvalue weighted by atomic mass is 10.2. The van der Waals surface area contributed by atoms with E-state index in [-0.39, 0.29) is 12.3 Å². The number of nitrogens with zero attached hydrogens (tertiary/aromatic N) is 3. The van der Waals surface area contributed by atoms with Gasteiger partial charge in [-0.1, -0.05) is 22.9 Å². The molecule has 0 atom stereocenters. The fourth-order valence-corrected chi connectivity index (χ4v) is 3.67. The molecule has 0 unspecified atom stereocenters. The molecule has 0 aliphatic carbocycles. The summed E-state index contributed by atoms with van der Waals surface area (Å²) in [7, 11) is 3.76. The largest absolute Gasteiger partial charge is 0.544 e. The van der Waals surface area contributed by atoms with Crippen LogP contribution in [-0.4, -0.2) is 31.4 Å². The highest BCUT2D eigenvalue weighted by Crippen LogP contribution is 2.30. The Balaban J connectivity index is 2.02.